The van der Waals surface area contributed by atoms with Gasteiger partial charge in [-0.1, -0.05) is 23.6 Å². The summed E-state index contributed by atoms with van der Waals surface area (Å²) in [6.07, 6.45) is 6.06. The minimum Gasteiger partial charge on any atom is -0.300 e. The number of fused-ring (bicyclic) bond motifs is 1. The average Bonchev–Trinajstić information content (AvgIpc) is 2.33. The molecule has 1 aliphatic carbocycles. The maximum Gasteiger partial charge on any atom is 0.0860 e. The maximum absolute atomic E-state index is 5.44. The molecule has 0 aromatic carbocycles. The predicted octanol–water partition coefficient (Wildman–Crippen LogP) is 2.62. The molecule has 2 unspecified atom stereocenters. The summed E-state index contributed by atoms with van der Waals surface area (Å²) in [5, 5.41) is 0.823. The summed E-state index contributed by atoms with van der Waals surface area (Å²) in [6, 6.07) is 0. The molecule has 2 fully saturated rings. The highest BCUT2D eigenvalue weighted by atomic mass is 33.1. The van der Waals surface area contributed by atoms with Crippen molar-refractivity contribution in [2.45, 2.75) is 37.0 Å². The standard InChI is InChI=1S/C6H10OS2/c1-2-4-6-5(3-1)7-9-8-6/h5-6H,1-4H2. The van der Waals surface area contributed by atoms with Crippen molar-refractivity contribution in [1.82, 2.24) is 0 Å². The van der Waals surface area contributed by atoms with Gasteiger partial charge < -0.3 is 4.18 Å². The molecule has 52 valence electrons. The van der Waals surface area contributed by atoms with Crippen LogP contribution in [0.4, 0.5) is 0 Å². The molecule has 1 saturated carbocycles. The third kappa shape index (κ3) is 1.23. The quantitative estimate of drug-likeness (QED) is 0.400. The molecule has 0 radical (unpaired) electrons. The first-order valence-corrected chi connectivity index (χ1v) is 5.59. The Morgan fingerprint density at radius 3 is 3.00 bits per heavy atom. The largest absolute Gasteiger partial charge is 0.300 e. The summed E-state index contributed by atoms with van der Waals surface area (Å²) >= 11 is 1.60. The van der Waals surface area contributed by atoms with Gasteiger partial charge in [-0.2, -0.15) is 0 Å². The zero-order valence-electron chi connectivity index (χ0n) is 5.21. The van der Waals surface area contributed by atoms with Crippen LogP contribution in [-0.2, 0) is 4.18 Å². The molecular formula is C6H10OS2. The fourth-order valence-electron chi connectivity index (χ4n) is 1.41. The van der Waals surface area contributed by atoms with Crippen LogP contribution in [0.25, 0.3) is 0 Å². The highest BCUT2D eigenvalue weighted by molar-refractivity contribution is 8.75. The van der Waals surface area contributed by atoms with E-state index >= 15 is 0 Å². The van der Waals surface area contributed by atoms with Crippen molar-refractivity contribution in [2.24, 2.45) is 0 Å². The Hall–Kier alpha value is 0.660. The Balaban J connectivity index is 1.97. The summed E-state index contributed by atoms with van der Waals surface area (Å²) in [5.74, 6) is 0. The minimum atomic E-state index is 0.591. The third-order valence-electron chi connectivity index (χ3n) is 1.97. The van der Waals surface area contributed by atoms with Crippen molar-refractivity contribution < 1.29 is 4.18 Å². The van der Waals surface area contributed by atoms with Gasteiger partial charge in [-0.3, -0.25) is 0 Å². The molecule has 0 N–H and O–H groups in total. The van der Waals surface area contributed by atoms with E-state index in [1.165, 1.54) is 25.7 Å². The first-order valence-electron chi connectivity index (χ1n) is 3.45. The van der Waals surface area contributed by atoms with Crippen LogP contribution < -0.4 is 0 Å². The molecule has 1 saturated heterocycles. The van der Waals surface area contributed by atoms with Gasteiger partial charge in [0.1, 0.15) is 0 Å². The molecule has 9 heavy (non-hydrogen) atoms. The SMILES string of the molecule is C1CCC2SSOC2C1. The Morgan fingerprint density at radius 1 is 1.22 bits per heavy atom. The molecule has 2 atom stereocenters. The summed E-state index contributed by atoms with van der Waals surface area (Å²) in [7, 11) is 1.92. The van der Waals surface area contributed by atoms with Crippen LogP contribution >= 0.6 is 21.9 Å². The van der Waals surface area contributed by atoms with Gasteiger partial charge in [-0.15, -0.1) is 0 Å². The van der Waals surface area contributed by atoms with Crippen LogP contribution in [0.1, 0.15) is 25.7 Å². The molecule has 3 heteroatoms. The van der Waals surface area contributed by atoms with Crippen LogP contribution in [0.3, 0.4) is 0 Å². The number of hydrogen-bond donors (Lipinski definition) is 0. The Labute approximate surface area is 63.5 Å². The fourth-order valence-corrected chi connectivity index (χ4v) is 3.93. The Bertz CT molecular complexity index is 95.2. The van der Waals surface area contributed by atoms with Crippen molar-refractivity contribution in [3.8, 4) is 0 Å². The maximum atomic E-state index is 5.44. The van der Waals surface area contributed by atoms with Crippen molar-refractivity contribution in [3.63, 3.8) is 0 Å². The van der Waals surface area contributed by atoms with Gasteiger partial charge >= 0.3 is 0 Å². The van der Waals surface area contributed by atoms with E-state index in [0.29, 0.717) is 6.10 Å². The molecular weight excluding hydrogens is 152 g/mol. The van der Waals surface area contributed by atoms with Crippen molar-refractivity contribution in [2.75, 3.05) is 0 Å². The van der Waals surface area contributed by atoms with Gasteiger partial charge in [0.05, 0.1) is 17.2 Å². The zero-order valence-corrected chi connectivity index (χ0v) is 6.84. The smallest absolute Gasteiger partial charge is 0.0860 e. The topological polar surface area (TPSA) is 9.23 Å². The molecule has 1 nitrogen and oxygen atoms in total. The van der Waals surface area contributed by atoms with Crippen LogP contribution in [0.2, 0.25) is 0 Å². The molecule has 1 aliphatic heterocycles. The van der Waals surface area contributed by atoms with Crippen molar-refractivity contribution >= 4 is 21.9 Å². The van der Waals surface area contributed by atoms with Crippen molar-refractivity contribution in [1.29, 1.82) is 0 Å². The summed E-state index contributed by atoms with van der Waals surface area (Å²) in [5.41, 5.74) is 0. The van der Waals surface area contributed by atoms with Gasteiger partial charge in [-0.05, 0) is 12.8 Å². The fraction of sp³-hybridized carbons (Fsp3) is 1.00. The highest BCUT2D eigenvalue weighted by Gasteiger charge is 2.32. The van der Waals surface area contributed by atoms with Crippen LogP contribution in [0, 0.1) is 0 Å². The first kappa shape index (κ1) is 6.38. The zero-order chi connectivity index (χ0) is 6.10. The Kier molecular flexibility index (Phi) is 1.93. The molecule has 0 amide bonds. The lowest BCUT2D eigenvalue weighted by Crippen LogP contribution is -2.23. The van der Waals surface area contributed by atoms with Gasteiger partial charge in [-0.25, -0.2) is 0 Å². The second kappa shape index (κ2) is 2.72. The molecule has 0 bridgehead atoms. The lowest BCUT2D eigenvalue weighted by molar-refractivity contribution is 0.203. The molecule has 1 heterocycles. The molecule has 0 aromatic heterocycles. The van der Waals surface area contributed by atoms with Gasteiger partial charge in [0.2, 0.25) is 0 Å². The predicted molar refractivity (Wildman–Crippen MR) is 42.3 cm³/mol. The van der Waals surface area contributed by atoms with E-state index in [0.717, 1.165) is 5.25 Å². The normalized spacial score (nSPS) is 42.7. The van der Waals surface area contributed by atoms with Crippen LogP contribution in [0.5, 0.6) is 0 Å². The van der Waals surface area contributed by atoms with Gasteiger partial charge in [0, 0.05) is 5.25 Å². The summed E-state index contributed by atoms with van der Waals surface area (Å²) in [6.45, 7) is 0. The first-order chi connectivity index (χ1) is 4.47. The van der Waals surface area contributed by atoms with E-state index in [-0.39, 0.29) is 0 Å². The highest BCUT2D eigenvalue weighted by Crippen LogP contribution is 2.46. The van der Waals surface area contributed by atoms with E-state index in [1.54, 1.807) is 11.1 Å². The van der Waals surface area contributed by atoms with Crippen molar-refractivity contribution in [3.05, 3.63) is 0 Å². The molecule has 0 aromatic rings. The van der Waals surface area contributed by atoms with E-state index in [1.807, 2.05) is 10.8 Å². The Morgan fingerprint density at radius 2 is 2.11 bits per heavy atom. The van der Waals surface area contributed by atoms with E-state index in [4.69, 9.17) is 4.18 Å². The van der Waals surface area contributed by atoms with Gasteiger partial charge in [0.25, 0.3) is 0 Å². The summed E-state index contributed by atoms with van der Waals surface area (Å²) < 4.78 is 5.44. The lowest BCUT2D eigenvalue weighted by Gasteiger charge is -2.20. The van der Waals surface area contributed by atoms with Crippen LogP contribution in [0.15, 0.2) is 0 Å². The second-order valence-electron chi connectivity index (χ2n) is 2.62. The molecule has 2 aliphatic rings. The lowest BCUT2D eigenvalue weighted by atomic mass is 9.97. The number of hydrogen-bond acceptors (Lipinski definition) is 3. The average molecular weight is 162 g/mol. The van der Waals surface area contributed by atoms with E-state index in [2.05, 4.69) is 0 Å². The van der Waals surface area contributed by atoms with E-state index < -0.39 is 0 Å². The van der Waals surface area contributed by atoms with Crippen LogP contribution in [-0.4, -0.2) is 11.4 Å². The van der Waals surface area contributed by atoms with Gasteiger partial charge in [0.15, 0.2) is 0 Å². The molecule has 2 rings (SSSR count). The number of rotatable bonds is 0. The molecule has 0 spiro atoms. The van der Waals surface area contributed by atoms with E-state index in [9.17, 15) is 0 Å². The summed E-state index contributed by atoms with van der Waals surface area (Å²) in [4.78, 5) is 0. The second-order valence-corrected chi connectivity index (χ2v) is 4.73. The minimum absolute atomic E-state index is 0.591. The monoisotopic (exact) mass is 162 g/mol. The third-order valence-corrected chi connectivity index (χ3v) is 4.37.